The van der Waals surface area contributed by atoms with Crippen LogP contribution in [-0.4, -0.2) is 9.55 Å². The number of hydrogen-bond acceptors (Lipinski definition) is 4. The van der Waals surface area contributed by atoms with Crippen LogP contribution in [-0.2, 0) is 37.3 Å². The first-order valence-electron chi connectivity index (χ1n) is 25.8. The first-order chi connectivity index (χ1) is 34.6. The number of aromatic nitrogens is 2. The molecule has 0 saturated carbocycles. The summed E-state index contributed by atoms with van der Waals surface area (Å²) in [5, 5.41) is 2.18. The van der Waals surface area contributed by atoms with Gasteiger partial charge in [0.2, 0.25) is 0 Å². The Balaban J connectivity index is 0.00000672. The summed E-state index contributed by atoms with van der Waals surface area (Å²) in [6.45, 7) is 32.2. The number of fused-ring (bicyclic) bond motifs is 3. The van der Waals surface area contributed by atoms with E-state index in [9.17, 15) is 0 Å². The van der Waals surface area contributed by atoms with Crippen molar-refractivity contribution in [1.82, 2.24) is 9.55 Å². The van der Waals surface area contributed by atoms with E-state index < -0.39 is 0 Å². The second-order valence-electron chi connectivity index (χ2n) is 24.0. The molecule has 0 bridgehead atoms. The van der Waals surface area contributed by atoms with Crippen molar-refractivity contribution in [3.63, 3.8) is 0 Å². The Hall–Kier alpha value is -6.68. The first kappa shape index (κ1) is 52.2. The summed E-state index contributed by atoms with van der Waals surface area (Å²) in [5.41, 5.74) is 13.7. The maximum atomic E-state index is 7.14. The third-order valence-corrected chi connectivity index (χ3v) is 14.8. The van der Waals surface area contributed by atoms with Crippen molar-refractivity contribution in [2.45, 2.75) is 106 Å². The maximum Gasteiger partial charge on any atom is 0.135 e. The molecule has 0 atom stereocenters. The quantitative estimate of drug-likeness (QED) is 0.128. The van der Waals surface area contributed by atoms with Gasteiger partial charge in [0.15, 0.2) is 0 Å². The van der Waals surface area contributed by atoms with Crippen molar-refractivity contribution in [2.75, 3.05) is 9.80 Å². The molecule has 10 rings (SSSR count). The molecule has 2 aromatic heterocycles. The van der Waals surface area contributed by atoms with Gasteiger partial charge < -0.3 is 19.1 Å². The van der Waals surface area contributed by atoms with Gasteiger partial charge in [-0.25, -0.2) is 4.98 Å². The molecular weight excluding hydrogens is 1080 g/mol. The molecule has 0 aliphatic carbocycles. The number of pyridine rings is 1. The van der Waals surface area contributed by atoms with Gasteiger partial charge in [-0.15, -0.1) is 53.6 Å². The SMILES string of the molecule is CC(C)(C)C1=C(C(C)(C)C)N(c2cccc(C(C)(C)C)c2)[CH-]N1c1[c-]c(Oc2[c-]c3c(cc2)c2cc(-c4ccccc4)ccc2n3-c2cc(C(C)(C)c3ccccc3)ccn2)cc(C(C)(C)c2ccccc2)c1.[Pt]. The molecule has 1 aliphatic rings. The summed E-state index contributed by atoms with van der Waals surface area (Å²) in [7, 11) is 0. The van der Waals surface area contributed by atoms with Gasteiger partial charge in [-0.3, -0.25) is 0 Å². The van der Waals surface area contributed by atoms with E-state index in [0.29, 0.717) is 11.5 Å². The summed E-state index contributed by atoms with van der Waals surface area (Å²) in [6, 6.07) is 68.5. The summed E-state index contributed by atoms with van der Waals surface area (Å²) in [5.74, 6) is 2.02. The molecule has 0 radical (unpaired) electrons. The molecule has 0 N–H and O–H groups in total. The number of nitrogens with zero attached hydrogens (tertiary/aromatic N) is 4. The molecule has 3 heterocycles. The molecule has 0 amide bonds. The molecule has 0 unspecified atom stereocenters. The predicted octanol–water partition coefficient (Wildman–Crippen LogP) is 17.9. The average Bonchev–Trinajstić information content (AvgIpc) is 3.95. The summed E-state index contributed by atoms with van der Waals surface area (Å²) in [6.07, 6.45) is 1.94. The van der Waals surface area contributed by atoms with Crippen LogP contribution >= 0.6 is 0 Å². The van der Waals surface area contributed by atoms with Crippen molar-refractivity contribution in [3.05, 3.63) is 234 Å². The maximum absolute atomic E-state index is 7.14. The largest absolute Gasteiger partial charge is 0.509 e. The van der Waals surface area contributed by atoms with Crippen molar-refractivity contribution in [3.8, 4) is 28.4 Å². The fourth-order valence-corrected chi connectivity index (χ4v) is 10.6. The summed E-state index contributed by atoms with van der Waals surface area (Å²) >= 11 is 0. The second-order valence-corrected chi connectivity index (χ2v) is 24.0. The van der Waals surface area contributed by atoms with E-state index in [2.05, 4.69) is 293 Å². The standard InChI is InChI=1S/C68H69N4O.Pt/c1-64(2,3)50-30-23-31-53(39-50)70-45-71(63(66(7,8)9)62(70)65(4,5)6)54-40-52(68(12,13)49-28-21-16-22-29-49)41-56(43-54)73-55-33-34-57-58-38-47(46-24-17-14-18-25-46)32-35-59(58)72(60(57)44-55)61-42-51(36-37-69-61)67(10,11)48-26-19-15-20-27-48;/h14-42,45H,1-13H3;/q-3;. The van der Waals surface area contributed by atoms with E-state index in [0.717, 1.165) is 50.1 Å². The second kappa shape index (κ2) is 19.5. The van der Waals surface area contributed by atoms with Gasteiger partial charge in [0.1, 0.15) is 5.82 Å². The average molecular weight is 1150 g/mol. The van der Waals surface area contributed by atoms with Crippen molar-refractivity contribution < 1.29 is 25.8 Å². The monoisotopic (exact) mass is 1150 g/mol. The van der Waals surface area contributed by atoms with Gasteiger partial charge in [0, 0.05) is 77.6 Å². The van der Waals surface area contributed by atoms with Crippen LogP contribution in [0.5, 0.6) is 11.5 Å². The van der Waals surface area contributed by atoms with Crippen LogP contribution in [0.15, 0.2) is 187 Å². The Kier molecular flexibility index (Phi) is 13.8. The zero-order chi connectivity index (χ0) is 51.7. The fourth-order valence-electron chi connectivity index (χ4n) is 10.6. The third kappa shape index (κ3) is 9.89. The number of anilines is 2. The van der Waals surface area contributed by atoms with E-state index in [1.165, 1.54) is 39.2 Å². The van der Waals surface area contributed by atoms with Gasteiger partial charge in [-0.2, -0.15) is 6.07 Å². The minimum Gasteiger partial charge on any atom is -0.509 e. The Labute approximate surface area is 455 Å². The Morgan fingerprint density at radius 1 is 0.446 bits per heavy atom. The van der Waals surface area contributed by atoms with Gasteiger partial charge in [0.25, 0.3) is 0 Å². The van der Waals surface area contributed by atoms with Crippen LogP contribution in [0.4, 0.5) is 11.4 Å². The topological polar surface area (TPSA) is 33.5 Å². The van der Waals surface area contributed by atoms with E-state index >= 15 is 0 Å². The summed E-state index contributed by atoms with van der Waals surface area (Å²) in [4.78, 5) is 9.86. The molecule has 0 fully saturated rings. The molecular formula is C68H69N4OPt-3. The van der Waals surface area contributed by atoms with Crippen molar-refractivity contribution >= 4 is 33.2 Å². The van der Waals surface area contributed by atoms with Gasteiger partial charge >= 0.3 is 0 Å². The van der Waals surface area contributed by atoms with Crippen LogP contribution in [0.3, 0.4) is 0 Å². The van der Waals surface area contributed by atoms with E-state index in [-0.39, 0.29) is 48.1 Å². The van der Waals surface area contributed by atoms with Crippen LogP contribution in [0.25, 0.3) is 38.8 Å². The van der Waals surface area contributed by atoms with Crippen LogP contribution in [0, 0.1) is 29.6 Å². The van der Waals surface area contributed by atoms with Crippen LogP contribution in [0.1, 0.15) is 118 Å². The molecule has 7 aromatic carbocycles. The number of rotatable bonds is 10. The molecule has 0 saturated heterocycles. The van der Waals surface area contributed by atoms with Gasteiger partial charge in [0.05, 0.1) is 0 Å². The smallest absolute Gasteiger partial charge is 0.135 e. The van der Waals surface area contributed by atoms with Crippen molar-refractivity contribution in [1.29, 1.82) is 0 Å². The Morgan fingerprint density at radius 2 is 1.04 bits per heavy atom. The molecule has 5 nitrogen and oxygen atoms in total. The van der Waals surface area contributed by atoms with E-state index in [1.807, 2.05) is 6.20 Å². The number of benzene rings is 7. The molecule has 380 valence electrons. The Bertz CT molecular complexity index is 3510. The summed E-state index contributed by atoms with van der Waals surface area (Å²) < 4.78 is 9.39. The van der Waals surface area contributed by atoms with Gasteiger partial charge in [-0.1, -0.05) is 211 Å². The number of allylic oxidation sites excluding steroid dienone is 2. The normalized spacial score (nSPS) is 13.7. The van der Waals surface area contributed by atoms with Crippen LogP contribution in [0.2, 0.25) is 0 Å². The number of ether oxygens (including phenoxy) is 1. The number of hydrogen-bond donors (Lipinski definition) is 0. The molecule has 74 heavy (non-hydrogen) atoms. The first-order valence-corrected chi connectivity index (χ1v) is 25.8. The minimum absolute atomic E-state index is 0. The van der Waals surface area contributed by atoms with Crippen molar-refractivity contribution in [2.24, 2.45) is 10.8 Å². The molecule has 1 aliphatic heterocycles. The molecule has 6 heteroatoms. The minimum atomic E-state index is -0.386. The molecule has 9 aromatic rings. The zero-order valence-electron chi connectivity index (χ0n) is 45.3. The predicted molar refractivity (Wildman–Crippen MR) is 306 cm³/mol. The van der Waals surface area contributed by atoms with Crippen LogP contribution < -0.4 is 14.5 Å². The van der Waals surface area contributed by atoms with E-state index in [4.69, 9.17) is 9.72 Å². The Morgan fingerprint density at radius 3 is 1.66 bits per heavy atom. The van der Waals surface area contributed by atoms with E-state index in [1.54, 1.807) is 0 Å². The fraction of sp³-hybridized carbons (Fsp3) is 0.265. The van der Waals surface area contributed by atoms with Gasteiger partial charge in [-0.05, 0) is 79.9 Å². The third-order valence-electron chi connectivity index (χ3n) is 14.8. The zero-order valence-corrected chi connectivity index (χ0v) is 47.6. The molecule has 0 spiro atoms.